The maximum Gasteiger partial charge on any atom is 0.311 e. The van der Waals surface area contributed by atoms with E-state index in [0.717, 1.165) is 22.5 Å². The summed E-state index contributed by atoms with van der Waals surface area (Å²) in [6.45, 7) is 1.04. The summed E-state index contributed by atoms with van der Waals surface area (Å²) in [5, 5.41) is 13.4. The van der Waals surface area contributed by atoms with Gasteiger partial charge in [0, 0.05) is 31.9 Å². The number of hydrogen-bond donors (Lipinski definition) is 1. The van der Waals surface area contributed by atoms with Crippen molar-refractivity contribution in [3.63, 3.8) is 0 Å². The van der Waals surface area contributed by atoms with Crippen molar-refractivity contribution in [1.29, 1.82) is 0 Å². The van der Waals surface area contributed by atoms with E-state index in [1.165, 1.54) is 32.3 Å². The number of aryl methyl sites for hydroxylation is 1. The van der Waals surface area contributed by atoms with Gasteiger partial charge < -0.3 is 10.1 Å². The second-order valence-electron chi connectivity index (χ2n) is 5.97. The topological polar surface area (TPSA) is 119 Å². The Morgan fingerprint density at radius 2 is 1.93 bits per heavy atom. The Labute approximate surface area is 160 Å². The maximum atomic E-state index is 13.3. The number of rotatable bonds is 7. The largest absolute Gasteiger partial charge is 0.477 e. The first-order valence-corrected chi connectivity index (χ1v) is 9.36. The van der Waals surface area contributed by atoms with Crippen LogP contribution in [0, 0.1) is 22.9 Å². The zero-order valence-electron chi connectivity index (χ0n) is 15.3. The highest BCUT2D eigenvalue weighted by Gasteiger charge is 2.20. The molecule has 0 bridgehead atoms. The minimum atomic E-state index is -3.69. The molecule has 0 radical (unpaired) electrons. The van der Waals surface area contributed by atoms with Gasteiger partial charge in [-0.15, -0.1) is 0 Å². The van der Waals surface area contributed by atoms with Crippen LogP contribution in [0.2, 0.25) is 0 Å². The molecule has 9 nitrogen and oxygen atoms in total. The van der Waals surface area contributed by atoms with Crippen molar-refractivity contribution in [1.82, 2.24) is 4.31 Å². The van der Waals surface area contributed by atoms with Gasteiger partial charge in [-0.25, -0.2) is 17.1 Å². The lowest BCUT2D eigenvalue weighted by molar-refractivity contribution is -0.385. The summed E-state index contributed by atoms with van der Waals surface area (Å²) in [6, 6.07) is 6.89. The van der Waals surface area contributed by atoms with Gasteiger partial charge in [0.1, 0.15) is 5.82 Å². The molecule has 1 amide bonds. The molecule has 2 aromatic rings. The highest BCUT2D eigenvalue weighted by atomic mass is 32.2. The fourth-order valence-corrected chi connectivity index (χ4v) is 3.12. The first-order valence-electron chi connectivity index (χ1n) is 7.92. The normalized spacial score (nSPS) is 11.3. The van der Waals surface area contributed by atoms with Crippen molar-refractivity contribution >= 4 is 27.3 Å². The molecule has 0 heterocycles. The lowest BCUT2D eigenvalue weighted by Gasteiger charge is -2.14. The van der Waals surface area contributed by atoms with Crippen LogP contribution in [-0.2, 0) is 14.8 Å². The van der Waals surface area contributed by atoms with Gasteiger partial charge in [0.05, 0.1) is 9.82 Å². The van der Waals surface area contributed by atoms with Crippen LogP contribution in [0.1, 0.15) is 5.56 Å². The van der Waals surface area contributed by atoms with Crippen molar-refractivity contribution in [2.75, 3.05) is 26.0 Å². The molecule has 0 aliphatic rings. The Kier molecular flexibility index (Phi) is 6.31. The minimum absolute atomic E-state index is 0.0138. The number of nitro benzene ring substituents is 1. The summed E-state index contributed by atoms with van der Waals surface area (Å²) >= 11 is 0. The fraction of sp³-hybridized carbons (Fsp3) is 0.235. The molecular weight excluding hydrogens is 393 g/mol. The Morgan fingerprint density at radius 3 is 2.54 bits per heavy atom. The first kappa shape index (κ1) is 21.3. The zero-order chi connectivity index (χ0) is 21.1. The average molecular weight is 411 g/mol. The number of carbonyl (C=O) groups is 1. The molecule has 150 valence electrons. The van der Waals surface area contributed by atoms with E-state index in [1.54, 1.807) is 6.92 Å². The quantitative estimate of drug-likeness (QED) is 0.552. The summed E-state index contributed by atoms with van der Waals surface area (Å²) in [7, 11) is -0.929. The zero-order valence-corrected chi connectivity index (χ0v) is 16.1. The molecular formula is C17H18FN3O6S. The van der Waals surface area contributed by atoms with Crippen molar-refractivity contribution in [2.24, 2.45) is 0 Å². The number of anilines is 1. The summed E-state index contributed by atoms with van der Waals surface area (Å²) in [4.78, 5) is 22.3. The van der Waals surface area contributed by atoms with Crippen molar-refractivity contribution in [3.8, 4) is 5.75 Å². The number of hydrogen-bond acceptors (Lipinski definition) is 6. The molecule has 11 heteroatoms. The molecule has 2 rings (SSSR count). The lowest BCUT2D eigenvalue weighted by atomic mass is 10.2. The van der Waals surface area contributed by atoms with E-state index in [0.29, 0.717) is 5.56 Å². The van der Waals surface area contributed by atoms with Gasteiger partial charge in [0.25, 0.3) is 5.91 Å². The third-order valence-electron chi connectivity index (χ3n) is 3.74. The maximum absolute atomic E-state index is 13.3. The van der Waals surface area contributed by atoms with Crippen LogP contribution in [0.15, 0.2) is 41.3 Å². The van der Waals surface area contributed by atoms with E-state index in [9.17, 15) is 27.7 Å². The second kappa shape index (κ2) is 8.31. The van der Waals surface area contributed by atoms with Gasteiger partial charge in [-0.05, 0) is 30.7 Å². The van der Waals surface area contributed by atoms with Crippen molar-refractivity contribution in [3.05, 3.63) is 57.9 Å². The Balaban J connectivity index is 2.16. The molecule has 1 N–H and O–H groups in total. The van der Waals surface area contributed by atoms with Gasteiger partial charge in [-0.2, -0.15) is 0 Å². The molecule has 0 spiro atoms. The standard InChI is InChI=1S/C17H18FN3O6S/c1-11-4-6-13(28(25,26)20(2)3)9-14(11)19-17(22)10-27-16-8-12(18)5-7-15(16)21(23)24/h4-9H,10H2,1-3H3,(H,19,22). The van der Waals surface area contributed by atoms with Crippen LogP contribution < -0.4 is 10.1 Å². The van der Waals surface area contributed by atoms with Crippen LogP contribution in [0.4, 0.5) is 15.8 Å². The molecule has 0 atom stereocenters. The SMILES string of the molecule is Cc1ccc(S(=O)(=O)N(C)C)cc1NC(=O)COc1cc(F)ccc1[N+](=O)[O-]. The van der Waals surface area contributed by atoms with Crippen molar-refractivity contribution < 1.29 is 27.3 Å². The molecule has 0 fully saturated rings. The number of carbonyl (C=O) groups excluding carboxylic acids is 1. The number of ether oxygens (including phenoxy) is 1. The highest BCUT2D eigenvalue weighted by molar-refractivity contribution is 7.89. The first-order chi connectivity index (χ1) is 13.0. The predicted octanol–water partition coefficient (Wildman–Crippen LogP) is 2.31. The number of amides is 1. The van der Waals surface area contributed by atoms with Crippen LogP contribution in [-0.4, -0.2) is 44.3 Å². The number of nitrogens with zero attached hydrogens (tertiary/aromatic N) is 2. The van der Waals surface area contributed by atoms with E-state index >= 15 is 0 Å². The molecule has 0 saturated heterocycles. The van der Waals surface area contributed by atoms with Crippen LogP contribution in [0.3, 0.4) is 0 Å². The fourth-order valence-electron chi connectivity index (χ4n) is 2.19. The molecule has 0 aliphatic carbocycles. The van der Waals surface area contributed by atoms with E-state index in [-0.39, 0.29) is 16.3 Å². The number of sulfonamides is 1. The van der Waals surface area contributed by atoms with Crippen LogP contribution >= 0.6 is 0 Å². The van der Waals surface area contributed by atoms with Gasteiger partial charge >= 0.3 is 5.69 Å². The number of halogens is 1. The summed E-state index contributed by atoms with van der Waals surface area (Å²) in [6.07, 6.45) is 0. The number of nitrogens with one attached hydrogen (secondary N) is 1. The number of nitro groups is 1. The van der Waals surface area contributed by atoms with Gasteiger partial charge in [-0.3, -0.25) is 14.9 Å². The highest BCUT2D eigenvalue weighted by Crippen LogP contribution is 2.27. The summed E-state index contributed by atoms with van der Waals surface area (Å²) in [5.41, 5.74) is 0.359. The number of benzene rings is 2. The van der Waals surface area contributed by atoms with Crippen molar-refractivity contribution in [2.45, 2.75) is 11.8 Å². The van der Waals surface area contributed by atoms with E-state index in [4.69, 9.17) is 4.74 Å². The third-order valence-corrected chi connectivity index (χ3v) is 5.55. The molecule has 0 unspecified atom stereocenters. The van der Waals surface area contributed by atoms with Gasteiger partial charge in [0.2, 0.25) is 15.8 Å². The smallest absolute Gasteiger partial charge is 0.311 e. The molecule has 2 aromatic carbocycles. The lowest BCUT2D eigenvalue weighted by Crippen LogP contribution is -2.23. The third kappa shape index (κ3) is 4.81. The van der Waals surface area contributed by atoms with E-state index < -0.39 is 39.0 Å². The molecule has 0 aromatic heterocycles. The van der Waals surface area contributed by atoms with Gasteiger partial charge in [-0.1, -0.05) is 6.07 Å². The monoisotopic (exact) mass is 411 g/mol. The molecule has 0 saturated carbocycles. The minimum Gasteiger partial charge on any atom is -0.477 e. The Bertz CT molecular complexity index is 1020. The van der Waals surface area contributed by atoms with E-state index in [2.05, 4.69) is 5.32 Å². The average Bonchev–Trinajstić information content (AvgIpc) is 2.61. The second-order valence-corrected chi connectivity index (χ2v) is 8.12. The van der Waals surface area contributed by atoms with Gasteiger partial charge in [0.15, 0.2) is 6.61 Å². The Hall–Kier alpha value is -3.05. The molecule has 28 heavy (non-hydrogen) atoms. The summed E-state index contributed by atoms with van der Waals surface area (Å²) < 4.78 is 43.8. The molecule has 0 aliphatic heterocycles. The van der Waals surface area contributed by atoms with Crippen LogP contribution in [0.25, 0.3) is 0 Å². The predicted molar refractivity (Wildman–Crippen MR) is 99.2 cm³/mol. The van der Waals surface area contributed by atoms with E-state index in [1.807, 2.05) is 0 Å². The van der Waals surface area contributed by atoms with Crippen LogP contribution in [0.5, 0.6) is 5.75 Å². The summed E-state index contributed by atoms with van der Waals surface area (Å²) in [5.74, 6) is -1.83. The Morgan fingerprint density at radius 1 is 1.25 bits per heavy atom.